The first-order chi connectivity index (χ1) is 10.6. The normalized spacial score (nSPS) is 21.3. The Morgan fingerprint density at radius 2 is 2.04 bits per heavy atom. The molecule has 0 spiro atoms. The second-order valence-corrected chi connectivity index (χ2v) is 6.00. The third kappa shape index (κ3) is 6.95. The average Bonchev–Trinajstić information content (AvgIpc) is 2.53. The largest absolute Gasteiger partial charge is 0.375 e. The van der Waals surface area contributed by atoms with Gasteiger partial charge in [-0.2, -0.15) is 0 Å². The van der Waals surface area contributed by atoms with Crippen LogP contribution in [0.1, 0.15) is 19.4 Å². The van der Waals surface area contributed by atoms with Crippen LogP contribution in [0.2, 0.25) is 0 Å². The van der Waals surface area contributed by atoms with Gasteiger partial charge in [-0.3, -0.25) is 9.69 Å². The molecule has 1 aromatic carbocycles. The molecule has 1 aromatic rings. The molecule has 1 saturated heterocycles. The predicted octanol–water partition coefficient (Wildman–Crippen LogP) is 1.84. The van der Waals surface area contributed by atoms with Crippen molar-refractivity contribution in [3.8, 4) is 0 Å². The van der Waals surface area contributed by atoms with Gasteiger partial charge in [-0.1, -0.05) is 30.3 Å². The summed E-state index contributed by atoms with van der Waals surface area (Å²) in [6.07, 6.45) is -0.0777. The number of benzene rings is 1. The van der Waals surface area contributed by atoms with Gasteiger partial charge in [0.25, 0.3) is 0 Å². The quantitative estimate of drug-likeness (QED) is 0.793. The van der Waals surface area contributed by atoms with Gasteiger partial charge < -0.3 is 15.4 Å². The van der Waals surface area contributed by atoms with Crippen molar-refractivity contribution >= 4 is 30.7 Å². The van der Waals surface area contributed by atoms with Crippen LogP contribution in [0.5, 0.6) is 0 Å². The highest BCUT2D eigenvalue weighted by Crippen LogP contribution is 2.07. The van der Waals surface area contributed by atoms with E-state index in [2.05, 4.69) is 41.6 Å². The second-order valence-electron chi connectivity index (χ2n) is 6.00. The maximum absolute atomic E-state index is 12.2. The lowest BCUT2D eigenvalue weighted by Crippen LogP contribution is -2.56. The molecule has 5 nitrogen and oxygen atoms in total. The number of hydrogen-bond donors (Lipinski definition) is 2. The smallest absolute Gasteiger partial charge is 0.239 e. The van der Waals surface area contributed by atoms with Crippen LogP contribution in [0.15, 0.2) is 30.3 Å². The summed E-state index contributed by atoms with van der Waals surface area (Å²) in [5.41, 5.74) is 1.28. The van der Waals surface area contributed by atoms with Gasteiger partial charge in [-0.05, 0) is 26.5 Å². The van der Waals surface area contributed by atoms with Gasteiger partial charge in [0.2, 0.25) is 5.91 Å². The summed E-state index contributed by atoms with van der Waals surface area (Å²) in [6, 6.07) is 10.4. The van der Waals surface area contributed by atoms with Crippen LogP contribution in [0.4, 0.5) is 0 Å². The molecule has 1 aliphatic rings. The zero-order valence-corrected chi connectivity index (χ0v) is 16.2. The number of likely N-dealkylation sites (N-methyl/N-ethyl adjacent to an activating group) is 1. The van der Waals surface area contributed by atoms with Crippen LogP contribution in [0.3, 0.4) is 0 Å². The van der Waals surface area contributed by atoms with Gasteiger partial charge >= 0.3 is 0 Å². The van der Waals surface area contributed by atoms with Gasteiger partial charge in [-0.15, -0.1) is 24.8 Å². The first-order valence-electron chi connectivity index (χ1n) is 7.95. The van der Waals surface area contributed by atoms with Crippen molar-refractivity contribution in [2.75, 3.05) is 26.7 Å². The Balaban J connectivity index is 0.00000264. The van der Waals surface area contributed by atoms with E-state index in [9.17, 15) is 4.79 Å². The maximum Gasteiger partial charge on any atom is 0.239 e. The molecule has 2 N–H and O–H groups in total. The number of rotatable bonds is 6. The average molecular weight is 378 g/mol. The number of halogens is 2. The van der Waals surface area contributed by atoms with Gasteiger partial charge in [0.15, 0.2) is 0 Å². The minimum atomic E-state index is -0.250. The summed E-state index contributed by atoms with van der Waals surface area (Å²) in [6.45, 7) is 6.96. The lowest BCUT2D eigenvalue weighted by molar-refractivity contribution is -0.129. The Morgan fingerprint density at radius 1 is 1.38 bits per heavy atom. The van der Waals surface area contributed by atoms with Crippen molar-refractivity contribution in [3.05, 3.63) is 35.9 Å². The Bertz CT molecular complexity index is 476. The molecule has 0 aliphatic carbocycles. The summed E-state index contributed by atoms with van der Waals surface area (Å²) in [5.74, 6) is 0.0205. The van der Waals surface area contributed by atoms with Crippen molar-refractivity contribution in [3.63, 3.8) is 0 Å². The Hall–Kier alpha value is -0.850. The lowest BCUT2D eigenvalue weighted by atomic mass is 10.1. The second kappa shape index (κ2) is 11.7. The number of carbonyl (C=O) groups excluding carboxylic acids is 1. The van der Waals surface area contributed by atoms with E-state index >= 15 is 0 Å². The summed E-state index contributed by atoms with van der Waals surface area (Å²) >= 11 is 0. The van der Waals surface area contributed by atoms with E-state index in [4.69, 9.17) is 4.74 Å². The first kappa shape index (κ1) is 23.1. The molecule has 0 radical (unpaired) electrons. The molecule has 0 aromatic heterocycles. The van der Waals surface area contributed by atoms with Gasteiger partial charge in [0.1, 0.15) is 6.04 Å². The van der Waals surface area contributed by atoms with Crippen molar-refractivity contribution in [1.29, 1.82) is 0 Å². The van der Waals surface area contributed by atoms with E-state index in [1.165, 1.54) is 5.56 Å². The van der Waals surface area contributed by atoms with Crippen molar-refractivity contribution in [1.82, 2.24) is 15.5 Å². The van der Waals surface area contributed by atoms with Crippen molar-refractivity contribution in [2.24, 2.45) is 0 Å². The van der Waals surface area contributed by atoms with Gasteiger partial charge in [0.05, 0.1) is 12.7 Å². The van der Waals surface area contributed by atoms with Crippen molar-refractivity contribution in [2.45, 2.75) is 38.6 Å². The number of ether oxygens (including phenoxy) is 1. The molecule has 7 heteroatoms. The fourth-order valence-corrected chi connectivity index (χ4v) is 2.57. The molecule has 138 valence electrons. The standard InChI is InChI=1S/C17H27N3O2.2ClH/c1-13(20(3)12-15-7-5-4-6-8-15)11-19-17(21)16-14(2)22-10-9-18-16;;/h4-8,13-14,16,18H,9-12H2,1-3H3,(H,19,21);2*1H/t13?,14-,16+;;/m1../s1. The number of nitrogens with one attached hydrogen (secondary N) is 2. The van der Waals surface area contributed by atoms with Crippen LogP contribution in [-0.4, -0.2) is 55.7 Å². The topological polar surface area (TPSA) is 53.6 Å². The Morgan fingerprint density at radius 3 is 2.67 bits per heavy atom. The number of carbonyl (C=O) groups is 1. The van der Waals surface area contributed by atoms with Crippen LogP contribution < -0.4 is 10.6 Å². The van der Waals surface area contributed by atoms with E-state index in [0.717, 1.165) is 13.1 Å². The fourth-order valence-electron chi connectivity index (χ4n) is 2.57. The fraction of sp³-hybridized carbons (Fsp3) is 0.588. The molecule has 1 aliphatic heterocycles. The molecule has 0 bridgehead atoms. The molecule has 24 heavy (non-hydrogen) atoms. The molecular formula is C17H29Cl2N3O2. The molecule has 1 amide bonds. The SMILES string of the molecule is CC(CNC(=O)[C@H]1NCCO[C@@H]1C)N(C)Cc1ccccc1.Cl.Cl. The van der Waals surface area contributed by atoms with E-state index in [1.54, 1.807) is 0 Å². The van der Waals surface area contributed by atoms with Gasteiger partial charge in [0, 0.05) is 25.7 Å². The number of amides is 1. The highest BCUT2D eigenvalue weighted by Gasteiger charge is 2.28. The number of hydrogen-bond acceptors (Lipinski definition) is 4. The number of nitrogens with zero attached hydrogens (tertiary/aromatic N) is 1. The lowest BCUT2D eigenvalue weighted by Gasteiger charge is -2.30. The molecule has 1 fully saturated rings. The highest BCUT2D eigenvalue weighted by atomic mass is 35.5. The van der Waals surface area contributed by atoms with E-state index < -0.39 is 0 Å². The van der Waals surface area contributed by atoms with E-state index in [1.807, 2.05) is 25.1 Å². The maximum atomic E-state index is 12.2. The molecule has 2 rings (SSSR count). The Kier molecular flexibility index (Phi) is 11.2. The predicted molar refractivity (Wildman–Crippen MR) is 102 cm³/mol. The molecular weight excluding hydrogens is 349 g/mol. The monoisotopic (exact) mass is 377 g/mol. The summed E-state index contributed by atoms with van der Waals surface area (Å²) < 4.78 is 5.51. The van der Waals surface area contributed by atoms with Crippen LogP contribution >= 0.6 is 24.8 Å². The summed E-state index contributed by atoms with van der Waals surface area (Å²) in [5, 5.41) is 6.24. The van der Waals surface area contributed by atoms with Gasteiger partial charge in [-0.25, -0.2) is 0 Å². The molecule has 3 atom stereocenters. The third-order valence-corrected chi connectivity index (χ3v) is 4.20. The molecule has 0 saturated carbocycles. The van der Waals surface area contributed by atoms with Crippen molar-refractivity contribution < 1.29 is 9.53 Å². The summed E-state index contributed by atoms with van der Waals surface area (Å²) in [4.78, 5) is 14.5. The Labute approximate surface area is 157 Å². The number of morpholine rings is 1. The minimum Gasteiger partial charge on any atom is -0.375 e. The molecule has 1 unspecified atom stereocenters. The molecule has 1 heterocycles. The van der Waals surface area contributed by atoms with Crippen LogP contribution in [0.25, 0.3) is 0 Å². The summed E-state index contributed by atoms with van der Waals surface area (Å²) in [7, 11) is 2.08. The zero-order valence-electron chi connectivity index (χ0n) is 14.5. The van der Waals surface area contributed by atoms with Crippen LogP contribution in [-0.2, 0) is 16.1 Å². The van der Waals surface area contributed by atoms with E-state index in [0.29, 0.717) is 13.2 Å². The zero-order chi connectivity index (χ0) is 15.9. The van der Waals surface area contributed by atoms with Crippen LogP contribution in [0, 0.1) is 0 Å². The minimum absolute atomic E-state index is 0. The van der Waals surface area contributed by atoms with E-state index in [-0.39, 0.29) is 48.9 Å². The first-order valence-corrected chi connectivity index (χ1v) is 7.95. The highest BCUT2D eigenvalue weighted by molar-refractivity contribution is 5.85. The third-order valence-electron chi connectivity index (χ3n) is 4.20.